The fourth-order valence-corrected chi connectivity index (χ4v) is 2.11. The van der Waals surface area contributed by atoms with Crippen molar-refractivity contribution >= 4 is 5.97 Å². The van der Waals surface area contributed by atoms with Crippen LogP contribution in [0.2, 0.25) is 0 Å². The van der Waals surface area contributed by atoms with Crippen LogP contribution in [0, 0.1) is 0 Å². The number of methoxy groups -OCH3 is 1. The zero-order valence-corrected chi connectivity index (χ0v) is 8.77. The fourth-order valence-electron chi connectivity index (χ4n) is 2.11. The lowest BCUT2D eigenvalue weighted by Gasteiger charge is -2.35. The van der Waals surface area contributed by atoms with Gasteiger partial charge in [-0.15, -0.1) is 0 Å². The van der Waals surface area contributed by atoms with E-state index < -0.39 is 5.54 Å². The van der Waals surface area contributed by atoms with E-state index in [0.29, 0.717) is 0 Å². The predicted octanol–water partition coefficient (Wildman–Crippen LogP) is 0.135. The molecule has 5 nitrogen and oxygen atoms in total. The van der Waals surface area contributed by atoms with Gasteiger partial charge in [0.15, 0.2) is 0 Å². The topological polar surface area (TPSA) is 56.2 Å². The van der Waals surface area contributed by atoms with Crippen molar-refractivity contribution in [1.29, 1.82) is 0 Å². The van der Waals surface area contributed by atoms with E-state index in [-0.39, 0.29) is 5.97 Å². The highest BCUT2D eigenvalue weighted by atomic mass is 16.5. The number of carbonyl (C=O) groups is 1. The first-order valence-corrected chi connectivity index (χ1v) is 5.07. The monoisotopic (exact) mass is 209 g/mol. The SMILES string of the molecule is COC(=O)C1(n2ccnc2)CCNCC1. The van der Waals surface area contributed by atoms with E-state index in [1.54, 1.807) is 12.5 Å². The highest BCUT2D eigenvalue weighted by Gasteiger charge is 2.42. The number of aromatic nitrogens is 2. The highest BCUT2D eigenvalue weighted by molar-refractivity contribution is 5.79. The number of ether oxygens (including phenoxy) is 1. The number of nitrogens with zero attached hydrogens (tertiary/aromatic N) is 2. The second-order valence-corrected chi connectivity index (χ2v) is 3.74. The molecule has 2 heterocycles. The van der Waals surface area contributed by atoms with Crippen LogP contribution >= 0.6 is 0 Å². The van der Waals surface area contributed by atoms with Crippen molar-refractivity contribution in [2.45, 2.75) is 18.4 Å². The van der Waals surface area contributed by atoms with Crippen molar-refractivity contribution < 1.29 is 9.53 Å². The molecule has 82 valence electrons. The van der Waals surface area contributed by atoms with Gasteiger partial charge in [-0.2, -0.15) is 0 Å². The molecule has 1 saturated heterocycles. The Morgan fingerprint density at radius 1 is 1.53 bits per heavy atom. The number of hydrogen-bond donors (Lipinski definition) is 1. The van der Waals surface area contributed by atoms with Crippen LogP contribution in [-0.4, -0.2) is 35.7 Å². The van der Waals surface area contributed by atoms with E-state index in [2.05, 4.69) is 10.3 Å². The Morgan fingerprint density at radius 3 is 2.80 bits per heavy atom. The first-order valence-electron chi connectivity index (χ1n) is 5.07. The standard InChI is InChI=1S/C10H15N3O2/c1-15-9(14)10(2-4-11-5-3-10)13-7-6-12-8-13/h6-8,11H,2-5H2,1H3. The lowest BCUT2D eigenvalue weighted by Crippen LogP contribution is -2.49. The van der Waals surface area contributed by atoms with Crippen molar-refractivity contribution in [2.24, 2.45) is 0 Å². The average molecular weight is 209 g/mol. The van der Waals surface area contributed by atoms with E-state index >= 15 is 0 Å². The summed E-state index contributed by atoms with van der Waals surface area (Å²) >= 11 is 0. The summed E-state index contributed by atoms with van der Waals surface area (Å²) in [6.07, 6.45) is 6.68. The molecule has 0 bridgehead atoms. The summed E-state index contributed by atoms with van der Waals surface area (Å²) < 4.78 is 6.76. The van der Waals surface area contributed by atoms with Crippen LogP contribution in [0.5, 0.6) is 0 Å². The Hall–Kier alpha value is -1.36. The summed E-state index contributed by atoms with van der Waals surface area (Å²) in [5.74, 6) is -0.179. The third-order valence-corrected chi connectivity index (χ3v) is 2.99. The number of esters is 1. The summed E-state index contributed by atoms with van der Waals surface area (Å²) in [6, 6.07) is 0. The van der Waals surface area contributed by atoms with Crippen LogP contribution in [0.15, 0.2) is 18.7 Å². The second-order valence-electron chi connectivity index (χ2n) is 3.74. The maximum Gasteiger partial charge on any atom is 0.332 e. The van der Waals surface area contributed by atoms with Crippen LogP contribution in [0.3, 0.4) is 0 Å². The Morgan fingerprint density at radius 2 is 2.27 bits per heavy atom. The Balaban J connectivity index is 2.34. The maximum absolute atomic E-state index is 11.9. The minimum Gasteiger partial charge on any atom is -0.467 e. The molecule has 1 aromatic rings. The van der Waals surface area contributed by atoms with Gasteiger partial charge in [-0.3, -0.25) is 0 Å². The molecule has 0 aliphatic carbocycles. The summed E-state index contributed by atoms with van der Waals surface area (Å²) in [5, 5.41) is 3.24. The molecule has 0 amide bonds. The largest absolute Gasteiger partial charge is 0.467 e. The summed E-state index contributed by atoms with van der Waals surface area (Å²) in [5.41, 5.74) is -0.559. The van der Waals surface area contributed by atoms with Gasteiger partial charge in [-0.05, 0) is 25.9 Å². The normalized spacial score (nSPS) is 19.8. The molecule has 5 heteroatoms. The number of rotatable bonds is 2. The molecule has 1 fully saturated rings. The fraction of sp³-hybridized carbons (Fsp3) is 0.600. The third-order valence-electron chi connectivity index (χ3n) is 2.99. The number of carbonyl (C=O) groups excluding carboxylic acids is 1. The minimum absolute atomic E-state index is 0.179. The summed E-state index contributed by atoms with van der Waals surface area (Å²) in [6.45, 7) is 1.65. The minimum atomic E-state index is -0.559. The number of hydrogen-bond acceptors (Lipinski definition) is 4. The number of nitrogens with one attached hydrogen (secondary N) is 1. The van der Waals surface area contributed by atoms with Crippen molar-refractivity contribution in [1.82, 2.24) is 14.9 Å². The second kappa shape index (κ2) is 4.02. The van der Waals surface area contributed by atoms with Gasteiger partial charge in [-0.1, -0.05) is 0 Å². The van der Waals surface area contributed by atoms with Gasteiger partial charge in [0.2, 0.25) is 0 Å². The van der Waals surface area contributed by atoms with Crippen LogP contribution < -0.4 is 5.32 Å². The molecule has 1 aliphatic rings. The number of piperidine rings is 1. The van der Waals surface area contributed by atoms with Crippen LogP contribution in [0.4, 0.5) is 0 Å². The van der Waals surface area contributed by atoms with Gasteiger partial charge >= 0.3 is 5.97 Å². The molecular formula is C10H15N3O2. The first kappa shape index (κ1) is 10.2. The summed E-state index contributed by atoms with van der Waals surface area (Å²) in [7, 11) is 1.43. The van der Waals surface area contributed by atoms with E-state index in [1.807, 2.05) is 10.8 Å². The molecular weight excluding hydrogens is 194 g/mol. The lowest BCUT2D eigenvalue weighted by atomic mass is 9.88. The Labute approximate surface area is 88.4 Å². The summed E-state index contributed by atoms with van der Waals surface area (Å²) in [4.78, 5) is 15.9. The zero-order valence-electron chi connectivity index (χ0n) is 8.77. The molecule has 0 unspecified atom stereocenters. The van der Waals surface area contributed by atoms with Crippen molar-refractivity contribution in [3.63, 3.8) is 0 Å². The predicted molar refractivity (Wildman–Crippen MR) is 54.3 cm³/mol. The van der Waals surface area contributed by atoms with Crippen molar-refractivity contribution in [3.05, 3.63) is 18.7 Å². The van der Waals surface area contributed by atoms with E-state index in [9.17, 15) is 4.79 Å². The zero-order chi connectivity index (χ0) is 10.7. The smallest absolute Gasteiger partial charge is 0.332 e. The van der Waals surface area contributed by atoms with E-state index in [1.165, 1.54) is 7.11 Å². The van der Waals surface area contributed by atoms with Gasteiger partial charge in [0.25, 0.3) is 0 Å². The Bertz CT molecular complexity index is 328. The van der Waals surface area contributed by atoms with Crippen LogP contribution in [0.25, 0.3) is 0 Å². The van der Waals surface area contributed by atoms with Gasteiger partial charge in [0.05, 0.1) is 13.4 Å². The molecule has 0 spiro atoms. The highest BCUT2D eigenvalue weighted by Crippen LogP contribution is 2.28. The van der Waals surface area contributed by atoms with Crippen molar-refractivity contribution in [3.8, 4) is 0 Å². The molecule has 0 radical (unpaired) electrons. The van der Waals surface area contributed by atoms with Gasteiger partial charge in [0.1, 0.15) is 5.54 Å². The van der Waals surface area contributed by atoms with Crippen LogP contribution in [0.1, 0.15) is 12.8 Å². The maximum atomic E-state index is 11.9. The van der Waals surface area contributed by atoms with Gasteiger partial charge < -0.3 is 14.6 Å². The molecule has 1 N–H and O–H groups in total. The molecule has 0 aromatic carbocycles. The average Bonchev–Trinajstić information content (AvgIpc) is 2.83. The van der Waals surface area contributed by atoms with E-state index in [4.69, 9.17) is 4.74 Å². The molecule has 1 aliphatic heterocycles. The Kier molecular flexibility index (Phi) is 2.73. The number of imidazole rings is 1. The molecule has 0 saturated carbocycles. The van der Waals surface area contributed by atoms with Gasteiger partial charge in [0, 0.05) is 12.4 Å². The third kappa shape index (κ3) is 1.63. The molecule has 1 aromatic heterocycles. The molecule has 15 heavy (non-hydrogen) atoms. The molecule has 2 rings (SSSR count). The van der Waals surface area contributed by atoms with Gasteiger partial charge in [-0.25, -0.2) is 9.78 Å². The quantitative estimate of drug-likeness (QED) is 0.704. The molecule has 0 atom stereocenters. The van der Waals surface area contributed by atoms with Crippen LogP contribution in [-0.2, 0) is 15.1 Å². The lowest BCUT2D eigenvalue weighted by molar-refractivity contribution is -0.153. The first-order chi connectivity index (χ1) is 7.29. The van der Waals surface area contributed by atoms with Crippen molar-refractivity contribution in [2.75, 3.05) is 20.2 Å². The van der Waals surface area contributed by atoms with E-state index in [0.717, 1.165) is 25.9 Å².